The van der Waals surface area contributed by atoms with Gasteiger partial charge in [0, 0.05) is 0 Å². The minimum absolute atomic E-state index is 0.0110. The molecule has 0 saturated carbocycles. The Bertz CT molecular complexity index is 740. The van der Waals surface area contributed by atoms with Gasteiger partial charge in [-0.3, -0.25) is 0 Å². The predicted molar refractivity (Wildman–Crippen MR) is 96.2 cm³/mol. The van der Waals surface area contributed by atoms with E-state index in [2.05, 4.69) is 25.8 Å². The lowest BCUT2D eigenvalue weighted by Crippen LogP contribution is -2.21. The van der Waals surface area contributed by atoms with Crippen LogP contribution in [0.2, 0.25) is 0 Å². The number of hydrogen-bond acceptors (Lipinski definition) is 3. The average Bonchev–Trinajstić information content (AvgIpc) is 2.51. The van der Waals surface area contributed by atoms with Crippen molar-refractivity contribution in [3.8, 4) is 0 Å². The third-order valence-electron chi connectivity index (χ3n) is 3.53. The fraction of sp³-hybridized carbons (Fsp3) is 0.263. The summed E-state index contributed by atoms with van der Waals surface area (Å²) >= 11 is 0. The molecule has 0 radical (unpaired) electrons. The van der Waals surface area contributed by atoms with Crippen LogP contribution in [0.25, 0.3) is 0 Å². The van der Waals surface area contributed by atoms with E-state index in [-0.39, 0.29) is 24.0 Å². The monoisotopic (exact) mass is 325 g/mol. The van der Waals surface area contributed by atoms with E-state index in [0.29, 0.717) is 11.3 Å². The summed E-state index contributed by atoms with van der Waals surface area (Å²) in [6, 6.07) is 14.7. The molecular formula is C19H23N3O2. The second-order valence-electron chi connectivity index (χ2n) is 6.61. The topological polar surface area (TPSA) is 90.7 Å². The normalized spacial score (nSPS) is 11.0. The second kappa shape index (κ2) is 7.17. The molecule has 0 fully saturated rings. The van der Waals surface area contributed by atoms with Crippen molar-refractivity contribution in [1.29, 1.82) is 0 Å². The molecule has 0 bridgehead atoms. The molecular weight excluding hydrogens is 302 g/mol. The summed E-state index contributed by atoms with van der Waals surface area (Å²) in [5, 5.41) is 0. The van der Waals surface area contributed by atoms with Crippen LogP contribution in [0.1, 0.15) is 42.3 Å². The van der Waals surface area contributed by atoms with Gasteiger partial charge in [-0.05, 0) is 40.8 Å². The van der Waals surface area contributed by atoms with Crippen molar-refractivity contribution in [2.75, 3.05) is 0 Å². The number of carbonyl (C=O) groups is 1. The highest BCUT2D eigenvalue weighted by atomic mass is 16.5. The van der Waals surface area contributed by atoms with E-state index in [0.717, 1.165) is 5.56 Å². The average molecular weight is 325 g/mol. The van der Waals surface area contributed by atoms with Crippen LogP contribution in [0, 0.1) is 0 Å². The molecule has 0 unspecified atom stereocenters. The third-order valence-corrected chi connectivity index (χ3v) is 3.53. The molecule has 2 rings (SSSR count). The minimum atomic E-state index is -0.359. The summed E-state index contributed by atoms with van der Waals surface area (Å²) in [4.78, 5) is 16.1. The van der Waals surface area contributed by atoms with Crippen molar-refractivity contribution in [1.82, 2.24) is 0 Å². The molecule has 0 amide bonds. The zero-order valence-corrected chi connectivity index (χ0v) is 14.2. The summed E-state index contributed by atoms with van der Waals surface area (Å²) in [6.45, 7) is 6.55. The molecule has 0 aromatic heterocycles. The summed E-state index contributed by atoms with van der Waals surface area (Å²) in [5.41, 5.74) is 13.9. The molecule has 2 aromatic rings. The van der Waals surface area contributed by atoms with Crippen molar-refractivity contribution >= 4 is 17.6 Å². The van der Waals surface area contributed by atoms with Gasteiger partial charge in [-0.25, -0.2) is 9.79 Å². The summed E-state index contributed by atoms with van der Waals surface area (Å²) < 4.78 is 5.35. The Morgan fingerprint density at radius 1 is 1.08 bits per heavy atom. The van der Waals surface area contributed by atoms with E-state index in [1.165, 1.54) is 5.56 Å². The van der Waals surface area contributed by atoms with Gasteiger partial charge in [0.2, 0.25) is 0 Å². The zero-order valence-electron chi connectivity index (χ0n) is 14.2. The van der Waals surface area contributed by atoms with Crippen LogP contribution in [-0.4, -0.2) is 11.9 Å². The lowest BCUT2D eigenvalue weighted by molar-refractivity contribution is 0.0472. The van der Waals surface area contributed by atoms with Crippen LogP contribution < -0.4 is 11.5 Å². The Hall–Kier alpha value is -2.82. The fourth-order valence-electron chi connectivity index (χ4n) is 2.20. The summed E-state index contributed by atoms with van der Waals surface area (Å²) in [6.07, 6.45) is 0. The summed E-state index contributed by atoms with van der Waals surface area (Å²) in [7, 11) is 0. The number of nitrogens with two attached hydrogens (primary N) is 2. The number of rotatable bonds is 4. The molecule has 2 aromatic carbocycles. The Labute approximate surface area is 142 Å². The van der Waals surface area contributed by atoms with Crippen LogP contribution >= 0.6 is 0 Å². The van der Waals surface area contributed by atoms with Crippen molar-refractivity contribution in [3.05, 3.63) is 65.2 Å². The maximum Gasteiger partial charge on any atom is 0.338 e. The van der Waals surface area contributed by atoms with Crippen LogP contribution in [0.15, 0.2) is 53.5 Å². The predicted octanol–water partition coefficient (Wildman–Crippen LogP) is 3.25. The first-order chi connectivity index (χ1) is 11.3. The Balaban J connectivity index is 2.02. The van der Waals surface area contributed by atoms with Crippen LogP contribution in [0.5, 0.6) is 0 Å². The molecule has 5 heteroatoms. The first-order valence-electron chi connectivity index (χ1n) is 7.72. The number of hydrogen-bond donors (Lipinski definition) is 2. The van der Waals surface area contributed by atoms with Gasteiger partial charge in [0.1, 0.15) is 6.61 Å². The molecule has 4 N–H and O–H groups in total. The lowest BCUT2D eigenvalue weighted by atomic mass is 9.87. The lowest BCUT2D eigenvalue weighted by Gasteiger charge is -2.18. The minimum Gasteiger partial charge on any atom is -0.457 e. The zero-order chi connectivity index (χ0) is 17.7. The van der Waals surface area contributed by atoms with Crippen molar-refractivity contribution in [2.45, 2.75) is 32.8 Å². The summed E-state index contributed by atoms with van der Waals surface area (Å²) in [5.74, 6) is -0.370. The van der Waals surface area contributed by atoms with Crippen LogP contribution in [0.3, 0.4) is 0 Å². The van der Waals surface area contributed by atoms with E-state index in [9.17, 15) is 4.79 Å². The number of guanidine groups is 1. The van der Waals surface area contributed by atoms with Gasteiger partial charge < -0.3 is 16.2 Å². The van der Waals surface area contributed by atoms with Gasteiger partial charge >= 0.3 is 5.97 Å². The molecule has 24 heavy (non-hydrogen) atoms. The van der Waals surface area contributed by atoms with E-state index >= 15 is 0 Å². The number of carbonyl (C=O) groups excluding carboxylic acids is 1. The van der Waals surface area contributed by atoms with Gasteiger partial charge in [0.25, 0.3) is 0 Å². The van der Waals surface area contributed by atoms with Crippen molar-refractivity contribution in [2.24, 2.45) is 16.5 Å². The number of benzene rings is 2. The van der Waals surface area contributed by atoms with Gasteiger partial charge in [-0.2, -0.15) is 0 Å². The van der Waals surface area contributed by atoms with E-state index in [1.54, 1.807) is 24.3 Å². The Morgan fingerprint density at radius 3 is 2.33 bits per heavy atom. The van der Waals surface area contributed by atoms with Crippen molar-refractivity contribution < 1.29 is 9.53 Å². The van der Waals surface area contributed by atoms with Gasteiger partial charge in [-0.15, -0.1) is 0 Å². The molecule has 0 atom stereocenters. The number of ether oxygens (including phenoxy) is 1. The third kappa shape index (κ3) is 4.84. The number of esters is 1. The molecule has 0 aliphatic rings. The van der Waals surface area contributed by atoms with E-state index in [4.69, 9.17) is 16.2 Å². The molecule has 0 heterocycles. The maximum atomic E-state index is 12.2. The Morgan fingerprint density at radius 2 is 1.75 bits per heavy atom. The van der Waals surface area contributed by atoms with E-state index < -0.39 is 0 Å². The number of aliphatic imine (C=N–C) groups is 1. The Kier molecular flexibility index (Phi) is 5.24. The first-order valence-corrected chi connectivity index (χ1v) is 7.72. The van der Waals surface area contributed by atoms with Crippen LogP contribution in [-0.2, 0) is 16.8 Å². The second-order valence-corrected chi connectivity index (χ2v) is 6.61. The standard InChI is InChI=1S/C19H23N3O2/c1-19(2,3)15-9-7-14(8-10-15)17(23)24-12-13-5-4-6-16(11-13)22-18(20)21/h4-11H,12H2,1-3H3,(H4,20,21,22). The largest absolute Gasteiger partial charge is 0.457 e. The highest BCUT2D eigenvalue weighted by Crippen LogP contribution is 2.22. The molecule has 0 aliphatic heterocycles. The van der Waals surface area contributed by atoms with Gasteiger partial charge in [0.05, 0.1) is 11.3 Å². The van der Waals surface area contributed by atoms with E-state index in [1.807, 2.05) is 24.3 Å². The fourth-order valence-corrected chi connectivity index (χ4v) is 2.20. The molecule has 126 valence electrons. The number of nitrogens with zero attached hydrogens (tertiary/aromatic N) is 1. The molecule has 5 nitrogen and oxygen atoms in total. The molecule has 0 aliphatic carbocycles. The van der Waals surface area contributed by atoms with Crippen LogP contribution in [0.4, 0.5) is 5.69 Å². The molecule has 0 saturated heterocycles. The SMILES string of the molecule is CC(C)(C)c1ccc(C(=O)OCc2cccc(N=C(N)N)c2)cc1. The van der Waals surface area contributed by atoms with Gasteiger partial charge in [0.15, 0.2) is 5.96 Å². The first kappa shape index (κ1) is 17.5. The van der Waals surface area contributed by atoms with Crippen molar-refractivity contribution in [3.63, 3.8) is 0 Å². The quantitative estimate of drug-likeness (QED) is 0.513. The highest BCUT2D eigenvalue weighted by Gasteiger charge is 2.14. The van der Waals surface area contributed by atoms with Gasteiger partial charge in [-0.1, -0.05) is 45.0 Å². The maximum absolute atomic E-state index is 12.2. The smallest absolute Gasteiger partial charge is 0.338 e. The highest BCUT2D eigenvalue weighted by molar-refractivity contribution is 5.89. The molecule has 0 spiro atoms.